The van der Waals surface area contributed by atoms with Gasteiger partial charge in [0.2, 0.25) is 0 Å². The quantitative estimate of drug-likeness (QED) is 0.648. The second-order valence-electron chi connectivity index (χ2n) is 3.81. The molecule has 0 aromatic carbocycles. The summed E-state index contributed by atoms with van der Waals surface area (Å²) in [6.07, 6.45) is 5.44. The van der Waals surface area contributed by atoms with Gasteiger partial charge in [0.1, 0.15) is 0 Å². The van der Waals surface area contributed by atoms with Gasteiger partial charge in [0.25, 0.3) is 0 Å². The predicted molar refractivity (Wildman–Crippen MR) is 48.5 cm³/mol. The minimum atomic E-state index is 0.744. The summed E-state index contributed by atoms with van der Waals surface area (Å²) in [7, 11) is 4.33. The smallest absolute Gasteiger partial charge is 0.0129 e. The fourth-order valence-electron chi connectivity index (χ4n) is 2.14. The summed E-state index contributed by atoms with van der Waals surface area (Å²) in [4.78, 5) is 2.33. The van der Waals surface area contributed by atoms with Gasteiger partial charge in [-0.15, -0.1) is 0 Å². The Balaban J connectivity index is 2.44. The van der Waals surface area contributed by atoms with E-state index in [1.807, 2.05) is 0 Å². The Kier molecular flexibility index (Phi) is 3.34. The highest BCUT2D eigenvalue weighted by molar-refractivity contribution is 4.80. The van der Waals surface area contributed by atoms with E-state index in [0.717, 1.165) is 18.5 Å². The molecule has 0 aromatic rings. The summed E-state index contributed by atoms with van der Waals surface area (Å²) in [5.41, 5.74) is 5.70. The lowest BCUT2D eigenvalue weighted by molar-refractivity contribution is 0.160. The van der Waals surface area contributed by atoms with E-state index in [-0.39, 0.29) is 0 Å². The van der Waals surface area contributed by atoms with Gasteiger partial charge in [0.15, 0.2) is 0 Å². The summed E-state index contributed by atoms with van der Waals surface area (Å²) in [5.74, 6) is 0.749. The molecule has 1 saturated carbocycles. The second kappa shape index (κ2) is 4.07. The SMILES string of the molecule is CN(C)[C@@H]1CCCC[C@@H]1CN. The van der Waals surface area contributed by atoms with Crippen LogP contribution in [0.15, 0.2) is 0 Å². The third kappa shape index (κ3) is 2.17. The lowest BCUT2D eigenvalue weighted by atomic mass is 9.84. The maximum atomic E-state index is 5.70. The van der Waals surface area contributed by atoms with Crippen LogP contribution in [-0.4, -0.2) is 31.6 Å². The fourth-order valence-corrected chi connectivity index (χ4v) is 2.14. The molecule has 2 atom stereocenters. The molecule has 2 heteroatoms. The molecular weight excluding hydrogens is 136 g/mol. The zero-order valence-corrected chi connectivity index (χ0v) is 7.71. The van der Waals surface area contributed by atoms with E-state index < -0.39 is 0 Å². The molecule has 0 bridgehead atoms. The number of rotatable bonds is 2. The van der Waals surface area contributed by atoms with Gasteiger partial charge in [-0.1, -0.05) is 12.8 Å². The van der Waals surface area contributed by atoms with Crippen molar-refractivity contribution in [1.82, 2.24) is 4.90 Å². The fraction of sp³-hybridized carbons (Fsp3) is 1.00. The van der Waals surface area contributed by atoms with Crippen LogP contribution < -0.4 is 5.73 Å². The maximum absolute atomic E-state index is 5.70. The zero-order valence-electron chi connectivity index (χ0n) is 7.71. The van der Waals surface area contributed by atoms with E-state index in [2.05, 4.69) is 19.0 Å². The van der Waals surface area contributed by atoms with Crippen molar-refractivity contribution in [1.29, 1.82) is 0 Å². The lowest BCUT2D eigenvalue weighted by Gasteiger charge is -2.35. The summed E-state index contributed by atoms with van der Waals surface area (Å²) in [5, 5.41) is 0. The van der Waals surface area contributed by atoms with Crippen molar-refractivity contribution < 1.29 is 0 Å². The molecule has 2 N–H and O–H groups in total. The third-order valence-corrected chi connectivity index (χ3v) is 2.83. The predicted octanol–water partition coefficient (Wildman–Crippen LogP) is 1.07. The van der Waals surface area contributed by atoms with Gasteiger partial charge in [-0.05, 0) is 39.4 Å². The first-order chi connectivity index (χ1) is 5.25. The van der Waals surface area contributed by atoms with E-state index in [9.17, 15) is 0 Å². The van der Waals surface area contributed by atoms with Crippen molar-refractivity contribution in [3.8, 4) is 0 Å². The first-order valence-electron chi connectivity index (χ1n) is 4.62. The van der Waals surface area contributed by atoms with Gasteiger partial charge in [-0.2, -0.15) is 0 Å². The molecule has 2 nitrogen and oxygen atoms in total. The molecule has 1 fully saturated rings. The molecule has 0 aliphatic heterocycles. The number of hydrogen-bond acceptors (Lipinski definition) is 2. The molecule has 0 aromatic heterocycles. The molecular formula is C9H20N2. The molecule has 1 aliphatic rings. The van der Waals surface area contributed by atoms with Gasteiger partial charge >= 0.3 is 0 Å². The molecule has 1 aliphatic carbocycles. The van der Waals surface area contributed by atoms with Crippen LogP contribution >= 0.6 is 0 Å². The Labute approximate surface area is 69.8 Å². The lowest BCUT2D eigenvalue weighted by Crippen LogP contribution is -2.40. The van der Waals surface area contributed by atoms with Crippen LogP contribution in [-0.2, 0) is 0 Å². The van der Waals surface area contributed by atoms with Crippen molar-refractivity contribution >= 4 is 0 Å². The first kappa shape index (κ1) is 9.01. The van der Waals surface area contributed by atoms with Crippen LogP contribution in [0, 0.1) is 5.92 Å². The van der Waals surface area contributed by atoms with E-state index in [0.29, 0.717) is 0 Å². The van der Waals surface area contributed by atoms with Gasteiger partial charge in [-0.3, -0.25) is 0 Å². The zero-order chi connectivity index (χ0) is 8.27. The molecule has 0 heterocycles. The summed E-state index contributed by atoms with van der Waals surface area (Å²) < 4.78 is 0. The van der Waals surface area contributed by atoms with Crippen molar-refractivity contribution in [2.45, 2.75) is 31.7 Å². The average Bonchev–Trinajstić information content (AvgIpc) is 2.04. The third-order valence-electron chi connectivity index (χ3n) is 2.83. The van der Waals surface area contributed by atoms with Crippen LogP contribution in [0.2, 0.25) is 0 Å². The molecule has 0 amide bonds. The van der Waals surface area contributed by atoms with E-state index in [1.165, 1.54) is 25.7 Å². The summed E-state index contributed by atoms with van der Waals surface area (Å²) in [6.45, 7) is 0.864. The molecule has 0 saturated heterocycles. The summed E-state index contributed by atoms with van der Waals surface area (Å²) in [6, 6.07) is 0.744. The molecule has 0 unspecified atom stereocenters. The Morgan fingerprint density at radius 1 is 1.27 bits per heavy atom. The van der Waals surface area contributed by atoms with Crippen LogP contribution in [0.25, 0.3) is 0 Å². The van der Waals surface area contributed by atoms with Gasteiger partial charge < -0.3 is 10.6 Å². The average molecular weight is 156 g/mol. The Hall–Kier alpha value is -0.0800. The van der Waals surface area contributed by atoms with E-state index in [1.54, 1.807) is 0 Å². The first-order valence-corrected chi connectivity index (χ1v) is 4.62. The highest BCUT2D eigenvalue weighted by atomic mass is 15.1. The van der Waals surface area contributed by atoms with Crippen LogP contribution in [0.5, 0.6) is 0 Å². The Bertz CT molecular complexity index is 112. The van der Waals surface area contributed by atoms with Crippen molar-refractivity contribution in [2.24, 2.45) is 11.7 Å². The van der Waals surface area contributed by atoms with Crippen LogP contribution in [0.3, 0.4) is 0 Å². The minimum absolute atomic E-state index is 0.744. The molecule has 66 valence electrons. The number of nitrogens with two attached hydrogens (primary N) is 1. The van der Waals surface area contributed by atoms with E-state index >= 15 is 0 Å². The monoisotopic (exact) mass is 156 g/mol. The van der Waals surface area contributed by atoms with Crippen LogP contribution in [0.4, 0.5) is 0 Å². The minimum Gasteiger partial charge on any atom is -0.330 e. The second-order valence-corrected chi connectivity index (χ2v) is 3.81. The van der Waals surface area contributed by atoms with Crippen molar-refractivity contribution in [2.75, 3.05) is 20.6 Å². The highest BCUT2D eigenvalue weighted by Crippen LogP contribution is 2.26. The van der Waals surface area contributed by atoms with Crippen molar-refractivity contribution in [3.63, 3.8) is 0 Å². The maximum Gasteiger partial charge on any atom is 0.0129 e. The van der Waals surface area contributed by atoms with Gasteiger partial charge in [-0.25, -0.2) is 0 Å². The normalized spacial score (nSPS) is 32.7. The highest BCUT2D eigenvalue weighted by Gasteiger charge is 2.24. The molecule has 0 spiro atoms. The van der Waals surface area contributed by atoms with Gasteiger partial charge in [0, 0.05) is 6.04 Å². The van der Waals surface area contributed by atoms with E-state index in [4.69, 9.17) is 5.73 Å². The van der Waals surface area contributed by atoms with Crippen molar-refractivity contribution in [3.05, 3.63) is 0 Å². The Morgan fingerprint density at radius 2 is 1.91 bits per heavy atom. The largest absolute Gasteiger partial charge is 0.330 e. The Morgan fingerprint density at radius 3 is 2.36 bits per heavy atom. The summed E-state index contributed by atoms with van der Waals surface area (Å²) >= 11 is 0. The molecule has 0 radical (unpaired) electrons. The van der Waals surface area contributed by atoms with Gasteiger partial charge in [0.05, 0.1) is 0 Å². The number of hydrogen-bond donors (Lipinski definition) is 1. The molecule has 1 rings (SSSR count). The standard InChI is InChI=1S/C9H20N2/c1-11(2)9-6-4-3-5-8(9)7-10/h8-9H,3-7,10H2,1-2H3/t8-,9-/m1/s1. The van der Waals surface area contributed by atoms with Crippen LogP contribution in [0.1, 0.15) is 25.7 Å². The number of nitrogens with zero attached hydrogens (tertiary/aromatic N) is 1. The molecule has 11 heavy (non-hydrogen) atoms. The topological polar surface area (TPSA) is 29.3 Å².